The monoisotopic (exact) mass is 437 g/mol. The van der Waals surface area contributed by atoms with Crippen molar-refractivity contribution in [2.75, 3.05) is 11.9 Å². The average molecular weight is 438 g/mol. The first-order valence-corrected chi connectivity index (χ1v) is 11.7. The lowest BCUT2D eigenvalue weighted by molar-refractivity contribution is 0.474. The standard InChI is InChI=1S/C21H16NO2PS.2C2H6/c1-22-18-13-7-5-11-16(18)20(17-12-6-8-14-19(17)22)21(24-25-23)26-15-9-3-2-4-10-15;2*1-2/h2-14H,1H3;2*1-2H3. The SMILES string of the molecule is CC.CC.CN1c2ccccc2C(=C(OP=O)Sc2ccccc2)c2ccccc21. The third-order valence-electron chi connectivity index (χ3n) is 4.35. The zero-order chi connectivity index (χ0) is 21.9. The van der Waals surface area contributed by atoms with Crippen molar-refractivity contribution in [1.29, 1.82) is 0 Å². The van der Waals surface area contributed by atoms with Crippen molar-refractivity contribution in [3.8, 4) is 0 Å². The number of rotatable bonds is 4. The van der Waals surface area contributed by atoms with Crippen molar-refractivity contribution < 1.29 is 9.09 Å². The number of nitrogens with zero attached hydrogens (tertiary/aromatic N) is 1. The van der Waals surface area contributed by atoms with Crippen LogP contribution in [0.3, 0.4) is 0 Å². The molecule has 1 heterocycles. The van der Waals surface area contributed by atoms with Gasteiger partial charge in [0.05, 0.1) is 0 Å². The van der Waals surface area contributed by atoms with E-state index in [2.05, 4.69) is 36.2 Å². The van der Waals surface area contributed by atoms with Crippen LogP contribution in [0.2, 0.25) is 0 Å². The molecule has 0 bridgehead atoms. The molecule has 0 fully saturated rings. The van der Waals surface area contributed by atoms with Crippen LogP contribution in [0.4, 0.5) is 11.4 Å². The maximum atomic E-state index is 11.4. The number of benzene rings is 3. The first kappa shape index (κ1) is 23.7. The molecule has 0 N–H and O–H groups in total. The van der Waals surface area contributed by atoms with Gasteiger partial charge in [-0.05, 0) is 24.3 Å². The molecular weight excluding hydrogens is 409 g/mol. The number of para-hydroxylation sites is 2. The second kappa shape index (κ2) is 12.2. The first-order valence-electron chi connectivity index (χ1n) is 10.2. The van der Waals surface area contributed by atoms with E-state index in [0.29, 0.717) is 5.09 Å². The molecule has 5 heteroatoms. The highest BCUT2D eigenvalue weighted by molar-refractivity contribution is 8.03. The Morgan fingerprint density at radius 2 is 1.23 bits per heavy atom. The molecule has 0 radical (unpaired) electrons. The number of hydrogen-bond acceptors (Lipinski definition) is 4. The molecule has 0 amide bonds. The molecule has 0 saturated carbocycles. The molecule has 0 spiro atoms. The summed E-state index contributed by atoms with van der Waals surface area (Å²) in [6.45, 7) is 8.00. The molecule has 3 aromatic rings. The second-order valence-electron chi connectivity index (χ2n) is 5.84. The molecular formula is C25H28NO2PS. The van der Waals surface area contributed by atoms with E-state index in [1.807, 2.05) is 82.3 Å². The van der Waals surface area contributed by atoms with Crippen LogP contribution in [0.25, 0.3) is 5.57 Å². The van der Waals surface area contributed by atoms with Crippen LogP contribution in [0, 0.1) is 0 Å². The summed E-state index contributed by atoms with van der Waals surface area (Å²) in [5.74, 6) is 0. The van der Waals surface area contributed by atoms with Gasteiger partial charge in [-0.1, -0.05) is 94.1 Å². The molecule has 1 aliphatic heterocycles. The Morgan fingerprint density at radius 1 is 0.767 bits per heavy atom. The van der Waals surface area contributed by atoms with Crippen molar-refractivity contribution in [2.45, 2.75) is 32.6 Å². The van der Waals surface area contributed by atoms with Gasteiger partial charge in [0.2, 0.25) is 0 Å². The molecule has 1 aliphatic rings. The Bertz CT molecular complexity index is 940. The summed E-state index contributed by atoms with van der Waals surface area (Å²) < 4.78 is 16.9. The quantitative estimate of drug-likeness (QED) is 0.232. The van der Waals surface area contributed by atoms with Gasteiger partial charge in [-0.15, -0.1) is 0 Å². The van der Waals surface area contributed by atoms with Crippen molar-refractivity contribution in [3.63, 3.8) is 0 Å². The zero-order valence-electron chi connectivity index (χ0n) is 18.1. The topological polar surface area (TPSA) is 29.5 Å². The van der Waals surface area contributed by atoms with Gasteiger partial charge in [0, 0.05) is 40.0 Å². The Hall–Kier alpha value is -2.55. The van der Waals surface area contributed by atoms with Gasteiger partial charge in [0.1, 0.15) is 0 Å². The smallest absolute Gasteiger partial charge is 0.396 e. The maximum Gasteiger partial charge on any atom is 0.396 e. The van der Waals surface area contributed by atoms with E-state index in [9.17, 15) is 4.57 Å². The number of fused-ring (bicyclic) bond motifs is 2. The largest absolute Gasteiger partial charge is 0.399 e. The Labute approximate surface area is 186 Å². The van der Waals surface area contributed by atoms with Gasteiger partial charge in [0.25, 0.3) is 0 Å². The minimum Gasteiger partial charge on any atom is -0.399 e. The number of thioether (sulfide) groups is 1. The van der Waals surface area contributed by atoms with Gasteiger partial charge in [-0.25, -0.2) is 4.57 Å². The van der Waals surface area contributed by atoms with Crippen molar-refractivity contribution in [3.05, 3.63) is 95.1 Å². The molecule has 4 rings (SSSR count). The van der Waals surface area contributed by atoms with Gasteiger partial charge < -0.3 is 9.42 Å². The van der Waals surface area contributed by atoms with Crippen LogP contribution in [0.15, 0.2) is 88.8 Å². The summed E-state index contributed by atoms with van der Waals surface area (Å²) in [6.07, 6.45) is 0. The fourth-order valence-electron chi connectivity index (χ4n) is 3.19. The third-order valence-corrected chi connectivity index (χ3v) is 5.71. The lowest BCUT2D eigenvalue weighted by Gasteiger charge is -2.32. The predicted molar refractivity (Wildman–Crippen MR) is 131 cm³/mol. The molecule has 0 aromatic heterocycles. The van der Waals surface area contributed by atoms with E-state index in [1.54, 1.807) is 0 Å². The third kappa shape index (κ3) is 5.13. The minimum atomic E-state index is -0.365. The number of hydrogen-bond donors (Lipinski definition) is 0. The number of anilines is 2. The molecule has 0 unspecified atom stereocenters. The van der Waals surface area contributed by atoms with Crippen LogP contribution in [0.1, 0.15) is 38.8 Å². The normalized spacial score (nSPS) is 11.2. The molecule has 30 heavy (non-hydrogen) atoms. The van der Waals surface area contributed by atoms with Crippen LogP contribution < -0.4 is 4.90 Å². The van der Waals surface area contributed by atoms with Crippen LogP contribution >= 0.6 is 20.4 Å². The van der Waals surface area contributed by atoms with Gasteiger partial charge >= 0.3 is 8.69 Å². The van der Waals surface area contributed by atoms with E-state index in [1.165, 1.54) is 11.8 Å². The summed E-state index contributed by atoms with van der Waals surface area (Å²) in [5.41, 5.74) is 5.29. The van der Waals surface area contributed by atoms with Crippen LogP contribution in [-0.2, 0) is 9.09 Å². The Morgan fingerprint density at radius 3 is 1.73 bits per heavy atom. The van der Waals surface area contributed by atoms with Gasteiger partial charge in [-0.3, -0.25) is 0 Å². The summed E-state index contributed by atoms with van der Waals surface area (Å²) in [4.78, 5) is 3.21. The molecule has 0 atom stereocenters. The molecule has 0 aliphatic carbocycles. The van der Waals surface area contributed by atoms with Crippen LogP contribution in [0.5, 0.6) is 0 Å². The predicted octanol–water partition coefficient (Wildman–Crippen LogP) is 8.55. The van der Waals surface area contributed by atoms with Gasteiger partial charge in [0.15, 0.2) is 5.09 Å². The molecule has 3 nitrogen and oxygen atoms in total. The fraction of sp³-hybridized carbons (Fsp3) is 0.200. The van der Waals surface area contributed by atoms with E-state index in [-0.39, 0.29) is 8.69 Å². The van der Waals surface area contributed by atoms with Crippen molar-refractivity contribution in [1.82, 2.24) is 0 Å². The highest BCUT2D eigenvalue weighted by Crippen LogP contribution is 2.48. The first-order chi connectivity index (χ1) is 14.8. The Kier molecular flexibility index (Phi) is 9.66. The van der Waals surface area contributed by atoms with Crippen LogP contribution in [-0.4, -0.2) is 7.05 Å². The molecule has 3 aromatic carbocycles. The minimum absolute atomic E-state index is 0.365. The highest BCUT2D eigenvalue weighted by Gasteiger charge is 2.27. The summed E-state index contributed by atoms with van der Waals surface area (Å²) >= 11 is 1.48. The zero-order valence-corrected chi connectivity index (χ0v) is 19.8. The summed E-state index contributed by atoms with van der Waals surface area (Å²) in [5, 5.41) is 0.626. The Balaban J connectivity index is 0.000000757. The highest BCUT2D eigenvalue weighted by atomic mass is 32.2. The lowest BCUT2D eigenvalue weighted by atomic mass is 9.91. The lowest BCUT2D eigenvalue weighted by Crippen LogP contribution is -2.18. The van der Waals surface area contributed by atoms with E-state index >= 15 is 0 Å². The average Bonchev–Trinajstić information content (AvgIpc) is 2.83. The van der Waals surface area contributed by atoms with E-state index in [0.717, 1.165) is 33.0 Å². The van der Waals surface area contributed by atoms with Gasteiger partial charge in [-0.2, -0.15) is 0 Å². The van der Waals surface area contributed by atoms with Crippen molar-refractivity contribution >= 4 is 37.4 Å². The van der Waals surface area contributed by atoms with E-state index < -0.39 is 0 Å². The van der Waals surface area contributed by atoms with E-state index in [4.69, 9.17) is 4.52 Å². The summed E-state index contributed by atoms with van der Waals surface area (Å²) in [6, 6.07) is 26.4. The fourth-order valence-corrected chi connectivity index (χ4v) is 4.42. The maximum absolute atomic E-state index is 11.4. The summed E-state index contributed by atoms with van der Waals surface area (Å²) in [7, 11) is 1.70. The molecule has 156 valence electrons. The van der Waals surface area contributed by atoms with Crippen molar-refractivity contribution in [2.24, 2.45) is 0 Å². The second-order valence-corrected chi connectivity index (χ2v) is 7.21. The molecule has 0 saturated heterocycles.